The molecule has 0 fully saturated rings. The van der Waals surface area contributed by atoms with Crippen molar-refractivity contribution in [2.45, 2.75) is 49.6 Å². The molecule has 0 aliphatic carbocycles. The Morgan fingerprint density at radius 1 is 0.778 bits per heavy atom. The molecule has 0 amide bonds. The molecule has 154 valence electrons. The van der Waals surface area contributed by atoms with Crippen molar-refractivity contribution in [2.75, 3.05) is 6.61 Å². The topological polar surface area (TPSA) is 26.3 Å². The Labute approximate surface area is 148 Å². The number of unbranched alkanes of at least 4 members (excludes halogenated alkanes) is 2. The number of hydrogen-bond acceptors (Lipinski definition) is 2. The zero-order chi connectivity index (χ0) is 20.9. The number of benzene rings is 1. The van der Waals surface area contributed by atoms with Crippen LogP contribution >= 0.6 is 0 Å². The van der Waals surface area contributed by atoms with Gasteiger partial charge in [-0.05, 0) is 31.4 Å². The lowest BCUT2D eigenvalue weighted by atomic mass is 9.98. The summed E-state index contributed by atoms with van der Waals surface area (Å²) in [6, 6.07) is 7.68. The van der Waals surface area contributed by atoms with Crippen molar-refractivity contribution in [3.63, 3.8) is 0 Å². The van der Waals surface area contributed by atoms with Crippen LogP contribution in [0.4, 0.5) is 39.5 Å². The largest absolute Gasteiger partial charge is 0.462 e. The molecule has 0 saturated heterocycles. The van der Waals surface area contributed by atoms with Crippen molar-refractivity contribution in [1.29, 1.82) is 0 Å². The van der Waals surface area contributed by atoms with E-state index in [4.69, 9.17) is 4.74 Å². The van der Waals surface area contributed by atoms with Crippen molar-refractivity contribution in [2.24, 2.45) is 0 Å². The van der Waals surface area contributed by atoms with Crippen molar-refractivity contribution in [1.82, 2.24) is 0 Å². The number of halogens is 9. The van der Waals surface area contributed by atoms with Gasteiger partial charge in [0.05, 0.1) is 12.2 Å². The molecule has 0 radical (unpaired) electrons. The SMILES string of the molecule is O=C(OCCCCCC(F)(F)C(F)(F)C(F)(F)C(F)(F)F)c1ccccc1. The predicted octanol–water partition coefficient (Wildman–Crippen LogP) is 5.87. The minimum absolute atomic E-state index is 0.0596. The van der Waals surface area contributed by atoms with Gasteiger partial charge in [-0.15, -0.1) is 0 Å². The Bertz CT molecular complexity index is 612. The summed E-state index contributed by atoms with van der Waals surface area (Å²) in [5.74, 6) is -19.7. The molecule has 0 unspecified atom stereocenters. The number of hydrogen-bond donors (Lipinski definition) is 0. The third kappa shape index (κ3) is 5.29. The van der Waals surface area contributed by atoms with Gasteiger partial charge in [0.25, 0.3) is 0 Å². The van der Waals surface area contributed by atoms with Gasteiger partial charge in [0.15, 0.2) is 0 Å². The van der Waals surface area contributed by atoms with Gasteiger partial charge in [-0.25, -0.2) is 4.79 Å². The number of rotatable bonds is 9. The third-order valence-electron chi connectivity index (χ3n) is 3.59. The summed E-state index contributed by atoms with van der Waals surface area (Å²) >= 11 is 0. The fourth-order valence-corrected chi connectivity index (χ4v) is 2.01. The first-order valence-electron chi connectivity index (χ1n) is 7.66. The van der Waals surface area contributed by atoms with E-state index in [1.807, 2.05) is 0 Å². The molecule has 1 aromatic carbocycles. The zero-order valence-corrected chi connectivity index (χ0v) is 13.6. The highest BCUT2D eigenvalue weighted by Crippen LogP contribution is 2.54. The molecular formula is C16H15F9O2. The molecule has 0 atom stereocenters. The Hall–Kier alpha value is -1.94. The van der Waals surface area contributed by atoms with Crippen LogP contribution in [0.3, 0.4) is 0 Å². The smallest absolute Gasteiger partial charge is 0.460 e. The summed E-state index contributed by atoms with van der Waals surface area (Å²) in [5, 5.41) is 0. The highest BCUT2D eigenvalue weighted by molar-refractivity contribution is 5.89. The number of esters is 1. The first-order chi connectivity index (χ1) is 12.2. The molecular weight excluding hydrogens is 395 g/mol. The number of carbonyl (C=O) groups is 1. The lowest BCUT2D eigenvalue weighted by Crippen LogP contribution is -2.60. The van der Waals surface area contributed by atoms with Gasteiger partial charge in [-0.1, -0.05) is 18.2 Å². The predicted molar refractivity (Wildman–Crippen MR) is 76.1 cm³/mol. The maximum Gasteiger partial charge on any atom is 0.460 e. The van der Waals surface area contributed by atoms with Gasteiger partial charge in [-0.2, -0.15) is 39.5 Å². The van der Waals surface area contributed by atoms with Crippen molar-refractivity contribution >= 4 is 5.97 Å². The fraction of sp³-hybridized carbons (Fsp3) is 0.562. The van der Waals surface area contributed by atoms with Crippen molar-refractivity contribution < 1.29 is 49.0 Å². The summed E-state index contributed by atoms with van der Waals surface area (Å²) in [4.78, 5) is 11.5. The van der Waals surface area contributed by atoms with Crippen LogP contribution in [-0.2, 0) is 4.74 Å². The van der Waals surface area contributed by atoms with Crippen molar-refractivity contribution in [3.8, 4) is 0 Å². The van der Waals surface area contributed by atoms with Gasteiger partial charge in [0.1, 0.15) is 0 Å². The third-order valence-corrected chi connectivity index (χ3v) is 3.59. The molecule has 11 heteroatoms. The molecule has 0 aromatic heterocycles. The zero-order valence-electron chi connectivity index (χ0n) is 13.6. The van der Waals surface area contributed by atoms with E-state index in [-0.39, 0.29) is 25.0 Å². The monoisotopic (exact) mass is 410 g/mol. The van der Waals surface area contributed by atoms with E-state index < -0.39 is 42.8 Å². The average molecular weight is 410 g/mol. The van der Waals surface area contributed by atoms with E-state index in [0.29, 0.717) is 0 Å². The molecule has 0 bridgehead atoms. The van der Waals surface area contributed by atoms with Gasteiger partial charge >= 0.3 is 29.9 Å². The molecule has 0 aliphatic rings. The molecule has 0 saturated carbocycles. The Kier molecular flexibility index (Phi) is 7.17. The highest BCUT2D eigenvalue weighted by atomic mass is 19.4. The van der Waals surface area contributed by atoms with E-state index in [9.17, 15) is 44.3 Å². The maximum atomic E-state index is 13.3. The standard InChI is InChI=1S/C16H15F9O2/c17-13(18,14(19,20)15(21,22)16(23,24)25)9-5-2-6-10-27-12(26)11-7-3-1-4-8-11/h1,3-4,7-8H,2,5-6,9-10H2. The second kappa shape index (κ2) is 8.39. The number of carbonyl (C=O) groups excluding carboxylic acids is 1. The van der Waals surface area contributed by atoms with E-state index in [0.717, 1.165) is 0 Å². The maximum absolute atomic E-state index is 13.3. The Morgan fingerprint density at radius 3 is 1.85 bits per heavy atom. The average Bonchev–Trinajstić information content (AvgIpc) is 2.57. The molecule has 0 aliphatic heterocycles. The lowest BCUT2D eigenvalue weighted by Gasteiger charge is -2.33. The van der Waals surface area contributed by atoms with Crippen LogP contribution in [0.25, 0.3) is 0 Å². The lowest BCUT2D eigenvalue weighted by molar-refractivity contribution is -0.396. The van der Waals surface area contributed by atoms with E-state index in [1.165, 1.54) is 12.1 Å². The van der Waals surface area contributed by atoms with Crippen LogP contribution in [0.2, 0.25) is 0 Å². The van der Waals surface area contributed by atoms with E-state index >= 15 is 0 Å². The molecule has 2 nitrogen and oxygen atoms in total. The summed E-state index contributed by atoms with van der Waals surface area (Å²) in [6.07, 6.45) is -9.76. The minimum atomic E-state index is -6.87. The Balaban J connectivity index is 2.45. The second-order valence-electron chi connectivity index (χ2n) is 5.66. The summed E-state index contributed by atoms with van der Waals surface area (Å²) in [6.45, 7) is -0.256. The van der Waals surface area contributed by atoms with Gasteiger partial charge in [0, 0.05) is 6.42 Å². The van der Waals surface area contributed by atoms with Crippen LogP contribution in [0, 0.1) is 0 Å². The Morgan fingerprint density at radius 2 is 1.33 bits per heavy atom. The van der Waals surface area contributed by atoms with Crippen LogP contribution in [0.15, 0.2) is 30.3 Å². The highest BCUT2D eigenvalue weighted by Gasteiger charge is 2.81. The summed E-state index contributed by atoms with van der Waals surface area (Å²) < 4.78 is 119. The number of alkyl halides is 9. The van der Waals surface area contributed by atoms with Crippen LogP contribution in [0.5, 0.6) is 0 Å². The quantitative estimate of drug-likeness (QED) is 0.289. The van der Waals surface area contributed by atoms with Crippen LogP contribution in [0.1, 0.15) is 36.0 Å². The molecule has 1 rings (SSSR count). The van der Waals surface area contributed by atoms with Gasteiger partial charge in [-0.3, -0.25) is 0 Å². The van der Waals surface area contributed by atoms with Crippen LogP contribution < -0.4 is 0 Å². The molecule has 0 N–H and O–H groups in total. The van der Waals surface area contributed by atoms with Crippen molar-refractivity contribution in [3.05, 3.63) is 35.9 Å². The normalized spacial score (nSPS) is 13.5. The first-order valence-corrected chi connectivity index (χ1v) is 7.66. The molecule has 27 heavy (non-hydrogen) atoms. The summed E-state index contributed by atoms with van der Waals surface area (Å²) in [5.41, 5.74) is 0.220. The van der Waals surface area contributed by atoms with E-state index in [1.54, 1.807) is 18.2 Å². The second-order valence-corrected chi connectivity index (χ2v) is 5.66. The summed E-state index contributed by atoms with van der Waals surface area (Å²) in [7, 11) is 0. The fourth-order valence-electron chi connectivity index (χ4n) is 2.01. The molecule has 0 spiro atoms. The van der Waals surface area contributed by atoms with Crippen LogP contribution in [-0.4, -0.2) is 36.5 Å². The molecule has 0 heterocycles. The van der Waals surface area contributed by atoms with Gasteiger partial charge < -0.3 is 4.74 Å². The first kappa shape index (κ1) is 23.1. The minimum Gasteiger partial charge on any atom is -0.462 e. The van der Waals surface area contributed by atoms with Gasteiger partial charge in [0.2, 0.25) is 0 Å². The number of ether oxygens (including phenoxy) is 1. The molecule has 1 aromatic rings. The van der Waals surface area contributed by atoms with E-state index in [2.05, 4.69) is 0 Å².